The molecule has 0 aliphatic rings. The van der Waals surface area contributed by atoms with Crippen molar-refractivity contribution < 1.29 is 4.79 Å². The minimum Gasteiger partial charge on any atom is -0.308 e. The zero-order valence-corrected chi connectivity index (χ0v) is 10.4. The van der Waals surface area contributed by atoms with Gasteiger partial charge in [-0.15, -0.1) is 0 Å². The Hall–Kier alpha value is -1.15. The van der Waals surface area contributed by atoms with Crippen molar-refractivity contribution in [1.29, 1.82) is 0 Å². The summed E-state index contributed by atoms with van der Waals surface area (Å²) in [6, 6.07) is 10.1. The van der Waals surface area contributed by atoms with Crippen molar-refractivity contribution in [3.8, 4) is 0 Å². The van der Waals surface area contributed by atoms with E-state index >= 15 is 0 Å². The quantitative estimate of drug-likeness (QED) is 0.733. The van der Waals surface area contributed by atoms with Gasteiger partial charge in [-0.2, -0.15) is 0 Å². The molecule has 0 aliphatic carbocycles. The van der Waals surface area contributed by atoms with Gasteiger partial charge in [-0.25, -0.2) is 0 Å². The maximum absolute atomic E-state index is 12.1. The van der Waals surface area contributed by atoms with Crippen molar-refractivity contribution in [2.75, 3.05) is 20.6 Å². The van der Waals surface area contributed by atoms with Crippen molar-refractivity contribution >= 4 is 5.78 Å². The highest BCUT2D eigenvalue weighted by Crippen LogP contribution is 2.19. The Bertz CT molecular complexity index is 319. The van der Waals surface area contributed by atoms with Crippen LogP contribution in [0.5, 0.6) is 0 Å². The van der Waals surface area contributed by atoms with Gasteiger partial charge in [0.2, 0.25) is 0 Å². The summed E-state index contributed by atoms with van der Waals surface area (Å²) in [6.07, 6.45) is 1.60. The van der Waals surface area contributed by atoms with Gasteiger partial charge in [0, 0.05) is 13.0 Å². The van der Waals surface area contributed by atoms with Crippen LogP contribution in [0.2, 0.25) is 0 Å². The summed E-state index contributed by atoms with van der Waals surface area (Å²) in [4.78, 5) is 14.1. The molecular weight excluding hydrogens is 198 g/mol. The molecule has 0 aliphatic heterocycles. The van der Waals surface area contributed by atoms with Crippen LogP contribution < -0.4 is 0 Å². The van der Waals surface area contributed by atoms with Crippen LogP contribution >= 0.6 is 0 Å². The summed E-state index contributed by atoms with van der Waals surface area (Å²) in [5.74, 6) is 0.374. The van der Waals surface area contributed by atoms with E-state index in [1.54, 1.807) is 0 Å². The number of carbonyl (C=O) groups excluding carboxylic acids is 1. The second-order valence-electron chi connectivity index (χ2n) is 4.44. The lowest BCUT2D eigenvalue weighted by molar-refractivity contribution is -0.120. The molecule has 88 valence electrons. The van der Waals surface area contributed by atoms with Crippen molar-refractivity contribution in [3.63, 3.8) is 0 Å². The Labute approximate surface area is 98.3 Å². The van der Waals surface area contributed by atoms with Crippen LogP contribution in [0.3, 0.4) is 0 Å². The molecule has 16 heavy (non-hydrogen) atoms. The van der Waals surface area contributed by atoms with Crippen molar-refractivity contribution in [2.45, 2.75) is 25.7 Å². The van der Waals surface area contributed by atoms with E-state index in [0.717, 1.165) is 18.5 Å². The molecule has 0 spiro atoms. The van der Waals surface area contributed by atoms with Gasteiger partial charge in [0.15, 0.2) is 0 Å². The zero-order valence-electron chi connectivity index (χ0n) is 10.4. The van der Waals surface area contributed by atoms with E-state index in [1.807, 2.05) is 44.4 Å². The lowest BCUT2D eigenvalue weighted by atomic mass is 9.92. The number of benzene rings is 1. The van der Waals surface area contributed by atoms with Crippen LogP contribution in [0.25, 0.3) is 0 Å². The summed E-state index contributed by atoms with van der Waals surface area (Å²) in [6.45, 7) is 2.85. The van der Waals surface area contributed by atoms with Gasteiger partial charge in [-0.05, 0) is 26.1 Å². The first-order valence-corrected chi connectivity index (χ1v) is 5.87. The number of nitrogens with zero attached hydrogens (tertiary/aromatic N) is 1. The van der Waals surface area contributed by atoms with Gasteiger partial charge in [0.05, 0.1) is 5.92 Å². The number of likely N-dealkylation sites (N-methyl/N-ethyl adjacent to an activating group) is 1. The molecule has 0 heterocycles. The molecule has 0 fully saturated rings. The highest BCUT2D eigenvalue weighted by atomic mass is 16.1. The number of hydrogen-bond donors (Lipinski definition) is 0. The monoisotopic (exact) mass is 219 g/mol. The maximum Gasteiger partial charge on any atom is 0.141 e. The van der Waals surface area contributed by atoms with E-state index in [-0.39, 0.29) is 5.92 Å². The van der Waals surface area contributed by atoms with E-state index in [1.165, 1.54) is 0 Å². The Balaban J connectivity index is 2.83. The number of hydrogen-bond acceptors (Lipinski definition) is 2. The Morgan fingerprint density at radius 2 is 1.88 bits per heavy atom. The van der Waals surface area contributed by atoms with E-state index in [9.17, 15) is 4.79 Å². The van der Waals surface area contributed by atoms with Gasteiger partial charge in [0.25, 0.3) is 0 Å². The van der Waals surface area contributed by atoms with Crippen molar-refractivity contribution in [3.05, 3.63) is 35.9 Å². The predicted octanol–water partition coefficient (Wildman–Crippen LogP) is 2.70. The molecule has 0 aromatic heterocycles. The Morgan fingerprint density at radius 1 is 1.25 bits per heavy atom. The minimum absolute atomic E-state index is 0.0242. The lowest BCUT2D eigenvalue weighted by Crippen LogP contribution is -2.26. The number of rotatable bonds is 6. The molecule has 2 nitrogen and oxygen atoms in total. The molecule has 0 N–H and O–H groups in total. The van der Waals surface area contributed by atoms with Crippen LogP contribution in [0.15, 0.2) is 30.3 Å². The Morgan fingerprint density at radius 3 is 2.38 bits per heavy atom. The highest BCUT2D eigenvalue weighted by molar-refractivity contribution is 5.85. The molecule has 1 aromatic carbocycles. The SMILES string of the molecule is CCCC(=O)C(CN(C)C)c1ccccc1. The third kappa shape index (κ3) is 3.78. The molecule has 1 aromatic rings. The first-order valence-electron chi connectivity index (χ1n) is 5.87. The average molecular weight is 219 g/mol. The van der Waals surface area contributed by atoms with Crippen molar-refractivity contribution in [2.24, 2.45) is 0 Å². The molecule has 1 rings (SSSR count). The lowest BCUT2D eigenvalue weighted by Gasteiger charge is -2.20. The zero-order chi connectivity index (χ0) is 12.0. The molecule has 1 atom stereocenters. The third-order valence-corrected chi connectivity index (χ3v) is 2.63. The maximum atomic E-state index is 12.1. The fourth-order valence-electron chi connectivity index (χ4n) is 1.86. The smallest absolute Gasteiger partial charge is 0.141 e. The molecule has 2 heteroatoms. The largest absolute Gasteiger partial charge is 0.308 e. The summed E-state index contributed by atoms with van der Waals surface area (Å²) in [5.41, 5.74) is 1.13. The van der Waals surface area contributed by atoms with Gasteiger partial charge in [-0.1, -0.05) is 37.3 Å². The standard InChI is InChI=1S/C14H21NO/c1-4-8-14(16)13(11-15(2)3)12-9-6-5-7-10-12/h5-7,9-10,13H,4,8,11H2,1-3H3. The number of Topliss-reactive ketones (excluding diaryl/α,β-unsaturated/α-hetero) is 1. The first-order chi connectivity index (χ1) is 7.65. The van der Waals surface area contributed by atoms with E-state index in [4.69, 9.17) is 0 Å². The second-order valence-corrected chi connectivity index (χ2v) is 4.44. The fraction of sp³-hybridized carbons (Fsp3) is 0.500. The molecular formula is C14H21NO. The van der Waals surface area contributed by atoms with Crippen LogP contribution in [-0.2, 0) is 4.79 Å². The van der Waals surface area contributed by atoms with Gasteiger partial charge < -0.3 is 4.90 Å². The predicted molar refractivity (Wildman–Crippen MR) is 67.7 cm³/mol. The molecule has 0 amide bonds. The summed E-state index contributed by atoms with van der Waals surface area (Å²) in [7, 11) is 4.02. The molecule has 0 radical (unpaired) electrons. The van der Waals surface area contributed by atoms with E-state index in [0.29, 0.717) is 12.2 Å². The highest BCUT2D eigenvalue weighted by Gasteiger charge is 2.19. The average Bonchev–Trinajstić information content (AvgIpc) is 2.27. The van der Waals surface area contributed by atoms with Crippen molar-refractivity contribution in [1.82, 2.24) is 4.90 Å². The van der Waals surface area contributed by atoms with Gasteiger partial charge in [0.1, 0.15) is 5.78 Å². The fourth-order valence-corrected chi connectivity index (χ4v) is 1.86. The number of ketones is 1. The van der Waals surface area contributed by atoms with E-state index in [2.05, 4.69) is 11.8 Å². The summed E-state index contributed by atoms with van der Waals surface area (Å²) < 4.78 is 0. The minimum atomic E-state index is 0.0242. The van der Waals surface area contributed by atoms with Gasteiger partial charge in [-0.3, -0.25) is 4.79 Å². The summed E-state index contributed by atoms with van der Waals surface area (Å²) >= 11 is 0. The molecule has 0 saturated heterocycles. The van der Waals surface area contributed by atoms with Gasteiger partial charge >= 0.3 is 0 Å². The molecule has 0 bridgehead atoms. The van der Waals surface area contributed by atoms with Crippen LogP contribution in [0.1, 0.15) is 31.2 Å². The van der Waals surface area contributed by atoms with Crippen LogP contribution in [0.4, 0.5) is 0 Å². The van der Waals surface area contributed by atoms with E-state index < -0.39 is 0 Å². The third-order valence-electron chi connectivity index (χ3n) is 2.63. The summed E-state index contributed by atoms with van der Waals surface area (Å²) in [5, 5.41) is 0. The second kappa shape index (κ2) is 6.44. The number of carbonyl (C=O) groups is 1. The van der Waals surface area contributed by atoms with Crippen LogP contribution in [0, 0.1) is 0 Å². The Kier molecular flexibility index (Phi) is 5.20. The van der Waals surface area contributed by atoms with Crippen LogP contribution in [-0.4, -0.2) is 31.3 Å². The molecule has 0 saturated carbocycles. The topological polar surface area (TPSA) is 20.3 Å². The normalized spacial score (nSPS) is 12.8. The molecule has 1 unspecified atom stereocenters. The first kappa shape index (κ1) is 12.9.